The molecule has 0 aromatic carbocycles. The van der Waals surface area contributed by atoms with E-state index in [-0.39, 0.29) is 12.2 Å². The van der Waals surface area contributed by atoms with Crippen LogP contribution in [0.1, 0.15) is 53.9 Å². The molecule has 1 amide bonds. The van der Waals surface area contributed by atoms with Crippen molar-refractivity contribution in [3.8, 4) is 0 Å². The number of hydrogen-bond acceptors (Lipinski definition) is 3. The molecule has 0 saturated carbocycles. The molecule has 3 unspecified atom stereocenters. The molecular weight excluding hydrogens is 268 g/mol. The molecule has 0 aliphatic carbocycles. The summed E-state index contributed by atoms with van der Waals surface area (Å²) in [6, 6.07) is 0.389. The Bertz CT molecular complexity index is 307. The van der Waals surface area contributed by atoms with Gasteiger partial charge in [0.05, 0.1) is 12.2 Å². The lowest BCUT2D eigenvalue weighted by molar-refractivity contribution is -0.132. The van der Waals surface area contributed by atoms with Gasteiger partial charge in [-0.05, 0) is 37.4 Å². The minimum atomic E-state index is 0.0228. The van der Waals surface area contributed by atoms with Crippen LogP contribution in [0.5, 0.6) is 0 Å². The third-order valence-electron chi connectivity index (χ3n) is 3.91. The van der Waals surface area contributed by atoms with E-state index in [4.69, 9.17) is 0 Å². The monoisotopic (exact) mass is 300 g/mol. The summed E-state index contributed by atoms with van der Waals surface area (Å²) in [6.45, 7) is 11.0. The number of rotatable bonds is 8. The molecule has 1 heterocycles. The first-order chi connectivity index (χ1) is 9.40. The van der Waals surface area contributed by atoms with Crippen LogP contribution in [0.2, 0.25) is 0 Å². The SMILES string of the molecule is CCC(CSC)N1C(=O)C(CC(C)C)NC1CC(C)C. The van der Waals surface area contributed by atoms with Gasteiger partial charge in [-0.15, -0.1) is 0 Å². The third kappa shape index (κ3) is 4.66. The smallest absolute Gasteiger partial charge is 0.241 e. The average Bonchev–Trinajstić information content (AvgIpc) is 2.62. The zero-order valence-electron chi connectivity index (χ0n) is 14.0. The average molecular weight is 301 g/mol. The van der Waals surface area contributed by atoms with Gasteiger partial charge in [0.15, 0.2) is 0 Å². The molecule has 1 N–H and O–H groups in total. The Labute approximate surface area is 129 Å². The van der Waals surface area contributed by atoms with Crippen LogP contribution in [0.15, 0.2) is 0 Å². The molecule has 0 spiro atoms. The Morgan fingerprint density at radius 1 is 1.20 bits per heavy atom. The maximum atomic E-state index is 12.8. The fourth-order valence-corrected chi connectivity index (χ4v) is 3.79. The fraction of sp³-hybridized carbons (Fsp3) is 0.938. The number of amides is 1. The molecule has 1 fully saturated rings. The van der Waals surface area contributed by atoms with Gasteiger partial charge in [0.25, 0.3) is 0 Å². The predicted molar refractivity (Wildman–Crippen MR) is 88.9 cm³/mol. The quantitative estimate of drug-likeness (QED) is 0.746. The lowest BCUT2D eigenvalue weighted by Gasteiger charge is -2.32. The molecule has 0 bridgehead atoms. The molecule has 20 heavy (non-hydrogen) atoms. The molecule has 118 valence electrons. The number of nitrogens with zero attached hydrogens (tertiary/aromatic N) is 1. The molecule has 0 aromatic heterocycles. The number of carbonyl (C=O) groups excluding carboxylic acids is 1. The molecule has 1 aliphatic heterocycles. The van der Waals surface area contributed by atoms with E-state index in [1.54, 1.807) is 0 Å². The van der Waals surface area contributed by atoms with E-state index in [2.05, 4.69) is 51.1 Å². The molecule has 3 atom stereocenters. The second kappa shape index (κ2) is 8.28. The molecule has 1 rings (SSSR count). The van der Waals surface area contributed by atoms with Crippen molar-refractivity contribution < 1.29 is 4.79 Å². The molecule has 0 aromatic rings. The van der Waals surface area contributed by atoms with Gasteiger partial charge in [-0.25, -0.2) is 0 Å². The van der Waals surface area contributed by atoms with E-state index in [0.29, 0.717) is 23.8 Å². The van der Waals surface area contributed by atoms with Crippen molar-refractivity contribution in [3.63, 3.8) is 0 Å². The van der Waals surface area contributed by atoms with Gasteiger partial charge in [-0.1, -0.05) is 34.6 Å². The summed E-state index contributed by atoms with van der Waals surface area (Å²) < 4.78 is 0. The number of hydrogen-bond donors (Lipinski definition) is 1. The van der Waals surface area contributed by atoms with Crippen LogP contribution in [0.25, 0.3) is 0 Å². The highest BCUT2D eigenvalue weighted by atomic mass is 32.2. The summed E-state index contributed by atoms with van der Waals surface area (Å²) in [5.41, 5.74) is 0. The molecule has 0 radical (unpaired) electrons. The largest absolute Gasteiger partial charge is 0.322 e. The molecule has 1 saturated heterocycles. The Kier molecular flexibility index (Phi) is 7.38. The number of carbonyl (C=O) groups is 1. The van der Waals surface area contributed by atoms with Gasteiger partial charge in [-0.3, -0.25) is 10.1 Å². The summed E-state index contributed by atoms with van der Waals surface area (Å²) in [4.78, 5) is 14.9. The molecule has 4 heteroatoms. The highest BCUT2D eigenvalue weighted by Gasteiger charge is 2.41. The van der Waals surface area contributed by atoms with Gasteiger partial charge in [0, 0.05) is 11.8 Å². The van der Waals surface area contributed by atoms with Crippen molar-refractivity contribution in [1.82, 2.24) is 10.2 Å². The minimum Gasteiger partial charge on any atom is -0.322 e. The fourth-order valence-electron chi connectivity index (χ4n) is 3.01. The van der Waals surface area contributed by atoms with Gasteiger partial charge >= 0.3 is 0 Å². The van der Waals surface area contributed by atoms with Crippen molar-refractivity contribution in [2.45, 2.75) is 72.1 Å². The summed E-state index contributed by atoms with van der Waals surface area (Å²) in [6.07, 6.45) is 5.38. The standard InChI is InChI=1S/C16H32N2OS/c1-7-13(10-20-6)18-15(9-12(4)5)17-14(16(18)19)8-11(2)3/h11-15,17H,7-10H2,1-6H3. The van der Waals surface area contributed by atoms with E-state index >= 15 is 0 Å². The normalized spacial score (nSPS) is 25.0. The molecule has 3 nitrogen and oxygen atoms in total. The van der Waals surface area contributed by atoms with E-state index in [1.165, 1.54) is 0 Å². The summed E-state index contributed by atoms with van der Waals surface area (Å²) in [7, 11) is 0. The topological polar surface area (TPSA) is 32.3 Å². The first kappa shape index (κ1) is 17.8. The summed E-state index contributed by atoms with van der Waals surface area (Å²) in [5, 5.41) is 3.59. The lowest BCUT2D eigenvalue weighted by atomic mass is 10.0. The zero-order valence-corrected chi connectivity index (χ0v) is 14.8. The van der Waals surface area contributed by atoms with Gasteiger partial charge in [-0.2, -0.15) is 11.8 Å². The Morgan fingerprint density at radius 2 is 1.80 bits per heavy atom. The maximum Gasteiger partial charge on any atom is 0.241 e. The van der Waals surface area contributed by atoms with Crippen molar-refractivity contribution in [3.05, 3.63) is 0 Å². The number of nitrogens with one attached hydrogen (secondary N) is 1. The van der Waals surface area contributed by atoms with Crippen molar-refractivity contribution in [2.75, 3.05) is 12.0 Å². The highest BCUT2D eigenvalue weighted by molar-refractivity contribution is 7.98. The minimum absolute atomic E-state index is 0.0228. The van der Waals surface area contributed by atoms with Crippen LogP contribution in [-0.2, 0) is 4.79 Å². The van der Waals surface area contributed by atoms with Crippen LogP contribution in [0, 0.1) is 11.8 Å². The summed E-state index contributed by atoms with van der Waals surface area (Å²) in [5.74, 6) is 2.52. The first-order valence-corrected chi connectivity index (χ1v) is 9.37. The van der Waals surface area contributed by atoms with Crippen LogP contribution in [-0.4, -0.2) is 41.1 Å². The molecule has 1 aliphatic rings. The van der Waals surface area contributed by atoms with Gasteiger partial charge < -0.3 is 4.90 Å². The van der Waals surface area contributed by atoms with Crippen LogP contribution >= 0.6 is 11.8 Å². The predicted octanol–water partition coefficient (Wildman–Crippen LogP) is 3.35. The first-order valence-electron chi connectivity index (χ1n) is 7.97. The van der Waals surface area contributed by atoms with Crippen molar-refractivity contribution in [2.24, 2.45) is 11.8 Å². The zero-order chi connectivity index (χ0) is 15.3. The van der Waals surface area contributed by atoms with E-state index in [9.17, 15) is 4.79 Å². The van der Waals surface area contributed by atoms with Crippen LogP contribution < -0.4 is 5.32 Å². The Balaban J connectivity index is 2.86. The lowest BCUT2D eigenvalue weighted by Crippen LogP contribution is -2.46. The van der Waals surface area contributed by atoms with Crippen LogP contribution in [0.4, 0.5) is 0 Å². The Morgan fingerprint density at radius 3 is 2.25 bits per heavy atom. The third-order valence-corrected chi connectivity index (χ3v) is 4.63. The summed E-state index contributed by atoms with van der Waals surface area (Å²) >= 11 is 1.84. The van der Waals surface area contributed by atoms with E-state index < -0.39 is 0 Å². The second-order valence-electron chi connectivity index (χ2n) is 6.76. The molecular formula is C16H32N2OS. The Hall–Kier alpha value is -0.220. The van der Waals surface area contributed by atoms with Crippen molar-refractivity contribution in [1.29, 1.82) is 0 Å². The van der Waals surface area contributed by atoms with E-state index in [0.717, 1.165) is 25.0 Å². The van der Waals surface area contributed by atoms with Gasteiger partial charge in [0.1, 0.15) is 0 Å². The van der Waals surface area contributed by atoms with Crippen molar-refractivity contribution >= 4 is 17.7 Å². The van der Waals surface area contributed by atoms with E-state index in [1.807, 2.05) is 11.8 Å². The van der Waals surface area contributed by atoms with Crippen LogP contribution in [0.3, 0.4) is 0 Å². The van der Waals surface area contributed by atoms with Gasteiger partial charge in [0.2, 0.25) is 5.91 Å². The highest BCUT2D eigenvalue weighted by Crippen LogP contribution is 2.25. The maximum absolute atomic E-state index is 12.8. The second-order valence-corrected chi connectivity index (χ2v) is 7.67. The number of thioether (sulfide) groups is 1.